The lowest BCUT2D eigenvalue weighted by Crippen LogP contribution is -2.48. The molecular formula is C6H12N2OS2. The van der Waals surface area contributed by atoms with Crippen LogP contribution in [0.5, 0.6) is 0 Å². The molecule has 0 radical (unpaired) electrons. The van der Waals surface area contributed by atoms with Crippen LogP contribution in [0.25, 0.3) is 0 Å². The molecule has 11 heavy (non-hydrogen) atoms. The minimum absolute atomic E-state index is 0.0278. The Kier molecular flexibility index (Phi) is 2.43. The van der Waals surface area contributed by atoms with E-state index in [0.717, 1.165) is 4.32 Å². The van der Waals surface area contributed by atoms with Gasteiger partial charge in [0.25, 0.3) is 0 Å². The number of hydrogen-bond donors (Lipinski definition) is 2. The Morgan fingerprint density at radius 2 is 2.27 bits per heavy atom. The smallest absolute Gasteiger partial charge is 0.138 e. The minimum atomic E-state index is -0.115. The molecule has 2 N–H and O–H groups in total. The summed E-state index contributed by atoms with van der Waals surface area (Å²) in [5.41, 5.74) is 2.13. The van der Waals surface area contributed by atoms with Crippen molar-refractivity contribution >= 4 is 28.3 Å². The summed E-state index contributed by atoms with van der Waals surface area (Å²) in [6.45, 7) is 4.07. The van der Waals surface area contributed by atoms with Crippen molar-refractivity contribution in [2.75, 3.05) is 7.05 Å². The fourth-order valence-corrected chi connectivity index (χ4v) is 2.54. The average Bonchev–Trinajstić information content (AvgIpc) is 2.13. The molecule has 0 aliphatic carbocycles. The molecule has 1 aliphatic heterocycles. The molecule has 0 bridgehead atoms. The maximum Gasteiger partial charge on any atom is 0.138 e. The summed E-state index contributed by atoms with van der Waals surface area (Å²) >= 11 is 6.55. The maximum absolute atomic E-state index is 8.78. The number of thioether (sulfide) groups is 1. The summed E-state index contributed by atoms with van der Waals surface area (Å²) in [4.78, 5) is 1.99. The SMILES string of the molecule is CN1C(=S)S[C@@H](NO)C1(C)C. The van der Waals surface area contributed by atoms with Crippen molar-refractivity contribution in [3.8, 4) is 0 Å². The van der Waals surface area contributed by atoms with Gasteiger partial charge in [-0.2, -0.15) is 5.48 Å². The maximum atomic E-state index is 8.78. The highest BCUT2D eigenvalue weighted by atomic mass is 32.2. The lowest BCUT2D eigenvalue weighted by molar-refractivity contribution is 0.103. The molecule has 1 atom stereocenters. The van der Waals surface area contributed by atoms with E-state index in [4.69, 9.17) is 17.4 Å². The number of hydrogen-bond acceptors (Lipinski definition) is 4. The molecule has 0 unspecified atom stereocenters. The molecule has 1 saturated heterocycles. The molecule has 0 aromatic carbocycles. The molecule has 3 nitrogen and oxygen atoms in total. The second-order valence-electron chi connectivity index (χ2n) is 3.11. The van der Waals surface area contributed by atoms with Crippen LogP contribution in [-0.2, 0) is 0 Å². The van der Waals surface area contributed by atoms with E-state index in [2.05, 4.69) is 5.48 Å². The van der Waals surface area contributed by atoms with Gasteiger partial charge < -0.3 is 10.1 Å². The zero-order valence-corrected chi connectivity index (χ0v) is 8.42. The van der Waals surface area contributed by atoms with Crippen LogP contribution in [0.3, 0.4) is 0 Å². The molecule has 0 amide bonds. The molecule has 5 heteroatoms. The molecule has 1 fully saturated rings. The van der Waals surface area contributed by atoms with Crippen molar-refractivity contribution < 1.29 is 5.21 Å². The van der Waals surface area contributed by atoms with Gasteiger partial charge in [-0.25, -0.2) is 0 Å². The molecule has 1 aliphatic rings. The molecule has 0 aromatic heterocycles. The second kappa shape index (κ2) is 2.90. The first-order valence-electron chi connectivity index (χ1n) is 3.34. The van der Waals surface area contributed by atoms with E-state index in [1.165, 1.54) is 11.8 Å². The number of nitrogens with zero attached hydrogens (tertiary/aromatic N) is 1. The van der Waals surface area contributed by atoms with Crippen molar-refractivity contribution in [2.24, 2.45) is 0 Å². The van der Waals surface area contributed by atoms with Crippen LogP contribution in [-0.4, -0.2) is 32.4 Å². The van der Waals surface area contributed by atoms with E-state index in [1.807, 2.05) is 25.8 Å². The molecule has 0 aromatic rings. The molecule has 1 heterocycles. The monoisotopic (exact) mass is 192 g/mol. The van der Waals surface area contributed by atoms with Crippen molar-refractivity contribution in [3.63, 3.8) is 0 Å². The Labute approximate surface area is 76.1 Å². The topological polar surface area (TPSA) is 35.5 Å². The van der Waals surface area contributed by atoms with E-state index in [9.17, 15) is 0 Å². The molecule has 0 spiro atoms. The first-order valence-corrected chi connectivity index (χ1v) is 4.63. The standard InChI is InChI=1S/C6H12N2OS2/c1-6(2)4(7-9)11-5(10)8(6)3/h4,7,9H,1-3H3/t4-/m1/s1. The van der Waals surface area contributed by atoms with Crippen LogP contribution in [0.1, 0.15) is 13.8 Å². The third-order valence-electron chi connectivity index (χ3n) is 2.12. The summed E-state index contributed by atoms with van der Waals surface area (Å²) in [5, 5.41) is 8.75. The number of rotatable bonds is 1. The number of thiocarbonyl (C=S) groups is 1. The van der Waals surface area contributed by atoms with Gasteiger partial charge >= 0.3 is 0 Å². The van der Waals surface area contributed by atoms with E-state index in [-0.39, 0.29) is 10.9 Å². The number of hydroxylamine groups is 1. The van der Waals surface area contributed by atoms with Crippen molar-refractivity contribution in [1.82, 2.24) is 10.4 Å². The first kappa shape index (κ1) is 9.25. The Balaban J connectivity index is 2.82. The third kappa shape index (κ3) is 1.38. The summed E-state index contributed by atoms with van der Waals surface area (Å²) in [5.74, 6) is 0. The van der Waals surface area contributed by atoms with E-state index >= 15 is 0 Å². The highest BCUT2D eigenvalue weighted by Gasteiger charge is 2.42. The van der Waals surface area contributed by atoms with E-state index in [0.29, 0.717) is 0 Å². The normalized spacial score (nSPS) is 29.6. The second-order valence-corrected chi connectivity index (χ2v) is 4.84. The first-order chi connectivity index (χ1) is 5.00. The van der Waals surface area contributed by atoms with Crippen LogP contribution < -0.4 is 5.48 Å². The quantitative estimate of drug-likeness (QED) is 0.479. The van der Waals surface area contributed by atoms with Crippen molar-refractivity contribution in [3.05, 3.63) is 0 Å². The molecule has 0 saturated carbocycles. The lowest BCUT2D eigenvalue weighted by atomic mass is 10.1. The zero-order valence-electron chi connectivity index (χ0n) is 6.79. The van der Waals surface area contributed by atoms with Gasteiger partial charge in [0, 0.05) is 7.05 Å². The summed E-state index contributed by atoms with van der Waals surface area (Å²) in [6, 6.07) is 0. The summed E-state index contributed by atoms with van der Waals surface area (Å²) < 4.78 is 0.821. The highest BCUT2D eigenvalue weighted by molar-refractivity contribution is 8.23. The van der Waals surface area contributed by atoms with Gasteiger partial charge in [-0.3, -0.25) is 0 Å². The van der Waals surface area contributed by atoms with Gasteiger partial charge in [0.05, 0.1) is 5.54 Å². The largest absolute Gasteiger partial charge is 0.353 e. The van der Waals surface area contributed by atoms with Crippen LogP contribution >= 0.6 is 24.0 Å². The van der Waals surface area contributed by atoms with Gasteiger partial charge in [0.15, 0.2) is 0 Å². The minimum Gasteiger partial charge on any atom is -0.353 e. The van der Waals surface area contributed by atoms with Crippen molar-refractivity contribution in [2.45, 2.75) is 24.8 Å². The Morgan fingerprint density at radius 1 is 1.73 bits per heavy atom. The van der Waals surface area contributed by atoms with Gasteiger partial charge in [0.2, 0.25) is 0 Å². The van der Waals surface area contributed by atoms with Crippen LogP contribution in [0.15, 0.2) is 0 Å². The summed E-state index contributed by atoms with van der Waals surface area (Å²) in [6.07, 6.45) is 0. The van der Waals surface area contributed by atoms with Crippen LogP contribution in [0.2, 0.25) is 0 Å². The Morgan fingerprint density at radius 3 is 2.45 bits per heavy atom. The van der Waals surface area contributed by atoms with Gasteiger partial charge in [0.1, 0.15) is 9.69 Å². The number of nitrogens with one attached hydrogen (secondary N) is 1. The third-order valence-corrected chi connectivity index (χ3v) is 4.07. The molecule has 1 rings (SSSR count). The fourth-order valence-electron chi connectivity index (χ4n) is 0.920. The predicted octanol–water partition coefficient (Wildman–Crippen LogP) is 1.03. The van der Waals surface area contributed by atoms with Crippen molar-refractivity contribution in [1.29, 1.82) is 0 Å². The fraction of sp³-hybridized carbons (Fsp3) is 0.833. The van der Waals surface area contributed by atoms with E-state index in [1.54, 1.807) is 0 Å². The summed E-state index contributed by atoms with van der Waals surface area (Å²) in [7, 11) is 1.94. The predicted molar refractivity (Wildman–Crippen MR) is 50.7 cm³/mol. The average molecular weight is 192 g/mol. The van der Waals surface area contributed by atoms with Gasteiger partial charge in [-0.1, -0.05) is 24.0 Å². The highest BCUT2D eigenvalue weighted by Crippen LogP contribution is 2.36. The molecular weight excluding hydrogens is 180 g/mol. The number of likely N-dealkylation sites (N-methyl/N-ethyl adjacent to an activating group) is 1. The lowest BCUT2D eigenvalue weighted by Gasteiger charge is -2.31. The van der Waals surface area contributed by atoms with Gasteiger partial charge in [-0.15, -0.1) is 0 Å². The Hall–Kier alpha value is 0.160. The van der Waals surface area contributed by atoms with E-state index < -0.39 is 0 Å². The Bertz CT molecular complexity index is 183. The molecule has 64 valence electrons. The van der Waals surface area contributed by atoms with Crippen LogP contribution in [0.4, 0.5) is 0 Å². The van der Waals surface area contributed by atoms with Gasteiger partial charge in [-0.05, 0) is 13.8 Å². The zero-order chi connectivity index (χ0) is 8.65. The van der Waals surface area contributed by atoms with Crippen LogP contribution in [0, 0.1) is 0 Å².